The summed E-state index contributed by atoms with van der Waals surface area (Å²) in [6.07, 6.45) is 0. The maximum absolute atomic E-state index is 13.3. The fourth-order valence-corrected chi connectivity index (χ4v) is 3.81. The van der Waals surface area contributed by atoms with Gasteiger partial charge in [0.15, 0.2) is 5.75 Å². The highest BCUT2D eigenvalue weighted by atomic mass is 32.2. The Morgan fingerprint density at radius 3 is 1.96 bits per heavy atom. The molecule has 2 N–H and O–H groups in total. The second kappa shape index (κ2) is 7.28. The minimum absolute atomic E-state index is 0.106. The third-order valence-corrected chi connectivity index (χ3v) is 5.18. The van der Waals surface area contributed by atoms with Crippen LogP contribution in [0.25, 0.3) is 0 Å². The van der Waals surface area contributed by atoms with Crippen LogP contribution < -0.4 is 15.0 Å². The van der Waals surface area contributed by atoms with Crippen LogP contribution in [0.3, 0.4) is 0 Å². The molecule has 0 aliphatic carbocycles. The van der Waals surface area contributed by atoms with Gasteiger partial charge < -0.3 is 10.6 Å². The van der Waals surface area contributed by atoms with E-state index < -0.39 is 15.9 Å². The van der Waals surface area contributed by atoms with Crippen molar-refractivity contribution in [3.63, 3.8) is 0 Å². The van der Waals surface area contributed by atoms with Crippen molar-refractivity contribution in [3.05, 3.63) is 90.5 Å². The first-order valence-corrected chi connectivity index (χ1v) is 9.16. The third-order valence-electron chi connectivity index (χ3n) is 3.55. The van der Waals surface area contributed by atoms with E-state index in [4.69, 9.17) is 10.6 Å². The van der Waals surface area contributed by atoms with Crippen LogP contribution in [0, 0.1) is 0 Å². The summed E-state index contributed by atoms with van der Waals surface area (Å²) in [6.45, 7) is 0. The number of amides is 1. The number of hydrogen-bond donors (Lipinski definition) is 1. The Bertz CT molecular complexity index is 1010. The number of benzene rings is 3. The molecule has 3 aromatic carbocycles. The summed E-state index contributed by atoms with van der Waals surface area (Å²) in [5, 5.41) is 0. The Hall–Kier alpha value is -3.32. The van der Waals surface area contributed by atoms with E-state index in [1.54, 1.807) is 66.7 Å². The molecule has 0 saturated carbocycles. The highest BCUT2D eigenvalue weighted by Gasteiger charge is 2.30. The quantitative estimate of drug-likeness (QED) is 0.677. The van der Waals surface area contributed by atoms with Crippen LogP contribution in [0.2, 0.25) is 0 Å². The summed E-state index contributed by atoms with van der Waals surface area (Å²) < 4.78 is 27.3. The van der Waals surface area contributed by atoms with E-state index in [2.05, 4.69) is 0 Å². The molecule has 0 bridgehead atoms. The van der Waals surface area contributed by atoms with E-state index in [0.717, 1.165) is 4.47 Å². The molecule has 0 radical (unpaired) electrons. The lowest BCUT2D eigenvalue weighted by Crippen LogP contribution is -2.35. The molecule has 0 aromatic heterocycles. The van der Waals surface area contributed by atoms with Crippen LogP contribution in [0.4, 0.5) is 5.69 Å². The van der Waals surface area contributed by atoms with Crippen molar-refractivity contribution in [1.82, 2.24) is 0 Å². The molecule has 0 heterocycles. The maximum atomic E-state index is 13.3. The molecule has 0 spiro atoms. The largest absolute Gasteiger partial charge is 0.366 e. The van der Waals surface area contributed by atoms with Crippen LogP contribution >= 0.6 is 0 Å². The van der Waals surface area contributed by atoms with E-state index in [1.165, 1.54) is 18.2 Å². The molecular weight excluding hydrogens is 352 g/mol. The van der Waals surface area contributed by atoms with Crippen LogP contribution in [-0.2, 0) is 10.0 Å². The first-order valence-electron chi connectivity index (χ1n) is 7.72. The van der Waals surface area contributed by atoms with Crippen molar-refractivity contribution in [1.29, 1.82) is 0 Å². The fraction of sp³-hybridized carbons (Fsp3) is 0. The van der Waals surface area contributed by atoms with Crippen molar-refractivity contribution >= 4 is 21.6 Å². The summed E-state index contributed by atoms with van der Waals surface area (Å²) in [7, 11) is -4.22. The molecule has 0 unspecified atom stereocenters. The highest BCUT2D eigenvalue weighted by molar-refractivity contribution is 7.92. The maximum Gasteiger partial charge on any atom is 0.296 e. The zero-order chi connectivity index (χ0) is 18.6. The molecule has 0 aliphatic rings. The monoisotopic (exact) mass is 368 g/mol. The predicted molar refractivity (Wildman–Crippen MR) is 98.1 cm³/mol. The lowest BCUT2D eigenvalue weighted by atomic mass is 10.2. The number of hydrogen-bond acceptors (Lipinski definition) is 4. The number of rotatable bonds is 6. The second-order valence-electron chi connectivity index (χ2n) is 5.33. The van der Waals surface area contributed by atoms with E-state index in [-0.39, 0.29) is 16.1 Å². The minimum Gasteiger partial charge on any atom is -0.366 e. The molecule has 6 nitrogen and oxygen atoms in total. The molecule has 0 fully saturated rings. The van der Waals surface area contributed by atoms with Crippen LogP contribution in [0.1, 0.15) is 10.4 Å². The molecule has 7 heteroatoms. The number of anilines is 1. The molecule has 3 rings (SSSR count). The number of carbonyl (C=O) groups excluding carboxylic acids is 1. The van der Waals surface area contributed by atoms with Gasteiger partial charge in [-0.2, -0.15) is 8.42 Å². The summed E-state index contributed by atoms with van der Waals surface area (Å²) in [5.74, 6) is -0.506. The predicted octanol–water partition coefficient (Wildman–Crippen LogP) is 2.97. The van der Waals surface area contributed by atoms with Gasteiger partial charge in [-0.05, 0) is 36.4 Å². The minimum atomic E-state index is -4.22. The van der Waals surface area contributed by atoms with E-state index in [1.807, 2.05) is 0 Å². The fourth-order valence-electron chi connectivity index (χ4n) is 2.35. The normalized spacial score (nSPS) is 10.9. The average molecular weight is 368 g/mol. The van der Waals surface area contributed by atoms with Gasteiger partial charge in [0.2, 0.25) is 5.91 Å². The topological polar surface area (TPSA) is 89.7 Å². The Balaban J connectivity index is 2.14. The van der Waals surface area contributed by atoms with Crippen molar-refractivity contribution < 1.29 is 18.0 Å². The zero-order valence-corrected chi connectivity index (χ0v) is 14.5. The average Bonchev–Trinajstić information content (AvgIpc) is 2.67. The number of nitrogens with two attached hydrogens (primary N) is 1. The summed E-state index contributed by atoms with van der Waals surface area (Å²) in [5.41, 5.74) is 5.52. The van der Waals surface area contributed by atoms with Gasteiger partial charge in [-0.1, -0.05) is 53.0 Å². The van der Waals surface area contributed by atoms with E-state index in [9.17, 15) is 13.2 Å². The number of primary amides is 1. The summed E-state index contributed by atoms with van der Waals surface area (Å²) in [4.78, 5) is 17.1. The number of carbonyl (C=O) groups is 1. The lowest BCUT2D eigenvalue weighted by Gasteiger charge is -2.24. The number of nitrogens with zero attached hydrogens (tertiary/aromatic N) is 1. The molecule has 0 atom stereocenters. The van der Waals surface area contributed by atoms with Crippen molar-refractivity contribution in [3.8, 4) is 5.75 Å². The second-order valence-corrected chi connectivity index (χ2v) is 7.05. The molecule has 0 saturated heterocycles. The first-order chi connectivity index (χ1) is 12.5. The van der Waals surface area contributed by atoms with Crippen LogP contribution in [0.5, 0.6) is 5.75 Å². The van der Waals surface area contributed by atoms with Gasteiger partial charge >= 0.3 is 0 Å². The van der Waals surface area contributed by atoms with Crippen LogP contribution in [0.15, 0.2) is 89.8 Å². The molecular formula is C19H16N2O4S. The number of sulfonamides is 1. The van der Waals surface area contributed by atoms with Crippen molar-refractivity contribution in [2.75, 3.05) is 4.47 Å². The van der Waals surface area contributed by atoms with E-state index >= 15 is 0 Å². The van der Waals surface area contributed by atoms with Gasteiger partial charge in [-0.3, -0.25) is 4.79 Å². The SMILES string of the molecule is NC(=O)c1ccccc1S(=O)(=O)N(Oc1ccccc1)c1ccccc1. The Kier molecular flexibility index (Phi) is 4.90. The van der Waals surface area contributed by atoms with Gasteiger partial charge in [0, 0.05) is 0 Å². The van der Waals surface area contributed by atoms with E-state index in [0.29, 0.717) is 5.75 Å². The number of para-hydroxylation sites is 2. The zero-order valence-electron chi connectivity index (χ0n) is 13.6. The smallest absolute Gasteiger partial charge is 0.296 e. The lowest BCUT2D eigenvalue weighted by molar-refractivity contribution is 0.0997. The summed E-state index contributed by atoms with van der Waals surface area (Å²) >= 11 is 0. The first kappa shape index (κ1) is 17.5. The van der Waals surface area contributed by atoms with Crippen molar-refractivity contribution in [2.45, 2.75) is 4.90 Å². The van der Waals surface area contributed by atoms with Gasteiger partial charge in [0.1, 0.15) is 4.90 Å². The van der Waals surface area contributed by atoms with Gasteiger partial charge in [0.25, 0.3) is 10.0 Å². The molecule has 0 aliphatic heterocycles. The molecule has 1 amide bonds. The molecule has 3 aromatic rings. The van der Waals surface area contributed by atoms with Crippen LogP contribution in [-0.4, -0.2) is 14.3 Å². The third kappa shape index (κ3) is 3.52. The van der Waals surface area contributed by atoms with Gasteiger partial charge in [-0.15, -0.1) is 0 Å². The van der Waals surface area contributed by atoms with Gasteiger partial charge in [-0.25, -0.2) is 0 Å². The Morgan fingerprint density at radius 1 is 0.808 bits per heavy atom. The Morgan fingerprint density at radius 2 is 1.35 bits per heavy atom. The van der Waals surface area contributed by atoms with Crippen molar-refractivity contribution in [2.24, 2.45) is 5.73 Å². The Labute approximate surface area is 151 Å². The summed E-state index contributed by atoms with van der Waals surface area (Å²) in [6, 6.07) is 22.6. The standard InChI is InChI=1S/C19H16N2O4S/c20-19(22)17-13-7-8-14-18(17)26(23,24)21(15-9-3-1-4-10-15)25-16-11-5-2-6-12-16/h1-14H,(H2,20,22). The molecule has 26 heavy (non-hydrogen) atoms. The molecule has 132 valence electrons. The van der Waals surface area contributed by atoms with Gasteiger partial charge in [0.05, 0.1) is 11.3 Å². The highest BCUT2D eigenvalue weighted by Crippen LogP contribution is 2.27.